The Bertz CT molecular complexity index is 861. The molecule has 0 aliphatic heterocycles. The lowest BCUT2D eigenvalue weighted by Gasteiger charge is -2.31. The summed E-state index contributed by atoms with van der Waals surface area (Å²) in [5.74, 6) is -1.63. The minimum atomic E-state index is -1.54. The van der Waals surface area contributed by atoms with Crippen LogP contribution in [0.25, 0.3) is 0 Å². The third-order valence-electron chi connectivity index (χ3n) is 6.51. The highest BCUT2D eigenvalue weighted by Gasteiger charge is 2.52. The lowest BCUT2D eigenvalue weighted by atomic mass is 9.75. The van der Waals surface area contributed by atoms with Crippen LogP contribution in [0.2, 0.25) is 0 Å². The van der Waals surface area contributed by atoms with E-state index < -0.39 is 17.4 Å². The molecule has 0 N–H and O–H groups in total. The van der Waals surface area contributed by atoms with Crippen molar-refractivity contribution in [2.45, 2.75) is 51.9 Å². The summed E-state index contributed by atoms with van der Waals surface area (Å²) in [6.07, 6.45) is 6.81. The van der Waals surface area contributed by atoms with Gasteiger partial charge < -0.3 is 14.2 Å². The molecule has 1 fully saturated rings. The summed E-state index contributed by atoms with van der Waals surface area (Å²) in [4.78, 5) is 48.6. The Labute approximate surface area is 213 Å². The van der Waals surface area contributed by atoms with Gasteiger partial charge in [-0.1, -0.05) is 49.6 Å². The topological polar surface area (TPSA) is 97.4 Å². The summed E-state index contributed by atoms with van der Waals surface area (Å²) in [5.41, 5.74) is -0.0266. The first-order valence-electron chi connectivity index (χ1n) is 12.3. The minimum Gasteiger partial charge on any atom is -0.469 e. The van der Waals surface area contributed by atoms with Crippen molar-refractivity contribution in [2.24, 2.45) is 10.8 Å². The Morgan fingerprint density at radius 2 is 1.53 bits per heavy atom. The van der Waals surface area contributed by atoms with Crippen LogP contribution in [0.1, 0.15) is 50.2 Å². The molecule has 8 heteroatoms. The maximum absolute atomic E-state index is 13.4. The van der Waals surface area contributed by atoms with Crippen LogP contribution in [0.15, 0.2) is 49.6 Å². The fourth-order valence-electron chi connectivity index (χ4n) is 4.11. The van der Waals surface area contributed by atoms with Crippen LogP contribution < -0.4 is 0 Å². The van der Waals surface area contributed by atoms with E-state index in [1.165, 1.54) is 19.3 Å². The largest absolute Gasteiger partial charge is 0.469 e. The van der Waals surface area contributed by atoms with Gasteiger partial charge in [0.25, 0.3) is 0 Å². The molecule has 0 unspecified atom stereocenters. The maximum Gasteiger partial charge on any atom is 0.324 e. The molecule has 1 aromatic rings. The predicted molar refractivity (Wildman–Crippen MR) is 134 cm³/mol. The zero-order valence-corrected chi connectivity index (χ0v) is 21.4. The number of hydrogen-bond acceptors (Lipinski definition) is 8. The van der Waals surface area contributed by atoms with Crippen molar-refractivity contribution in [2.75, 3.05) is 33.5 Å². The smallest absolute Gasteiger partial charge is 0.324 e. The van der Waals surface area contributed by atoms with Gasteiger partial charge in [0.2, 0.25) is 0 Å². The van der Waals surface area contributed by atoms with Crippen molar-refractivity contribution < 1.29 is 38.4 Å². The van der Waals surface area contributed by atoms with Gasteiger partial charge in [-0.25, -0.2) is 9.78 Å². The molecule has 1 saturated carbocycles. The molecule has 1 aliphatic carbocycles. The number of hydrogen-bond donors (Lipinski definition) is 0. The molecule has 0 bridgehead atoms. The average Bonchev–Trinajstić information content (AvgIpc) is 3.67. The van der Waals surface area contributed by atoms with Crippen molar-refractivity contribution in [1.29, 1.82) is 0 Å². The number of carbonyl (C=O) groups is 3. The molecule has 0 heterocycles. The zero-order valence-electron chi connectivity index (χ0n) is 21.4. The van der Waals surface area contributed by atoms with Crippen LogP contribution >= 0.6 is 0 Å². The molecule has 0 amide bonds. The maximum atomic E-state index is 13.4. The molecule has 0 aromatic heterocycles. The van der Waals surface area contributed by atoms with Crippen molar-refractivity contribution in [3.63, 3.8) is 0 Å². The number of ether oxygens (including phenoxy) is 3. The lowest BCUT2D eigenvalue weighted by molar-refractivity contribution is -0.293. The van der Waals surface area contributed by atoms with Gasteiger partial charge in [-0.05, 0) is 62.0 Å². The van der Waals surface area contributed by atoms with Crippen LogP contribution in [-0.2, 0) is 51.2 Å². The van der Waals surface area contributed by atoms with Gasteiger partial charge in [0.1, 0.15) is 13.2 Å². The highest BCUT2D eigenvalue weighted by molar-refractivity contribution is 6.00. The molecular weight excluding hydrogens is 464 g/mol. The van der Waals surface area contributed by atoms with Crippen LogP contribution in [-0.4, -0.2) is 51.4 Å². The standard InChI is InChI=1S/C28H38O8/c1-5-17-33-25(30)28(26(31)34-18-6-2,15-14-27(12-13-27)16-19-36-35-7-3)21-23-10-8-22(9-11-23)20-24(29)32-4/h5-6,8-11H,1-2,7,12-21H2,3-4H3. The molecule has 0 radical (unpaired) electrons. The van der Waals surface area contributed by atoms with Gasteiger partial charge in [-0.3, -0.25) is 14.4 Å². The summed E-state index contributed by atoms with van der Waals surface area (Å²) in [5, 5.41) is 0. The second-order valence-electron chi connectivity index (χ2n) is 9.08. The van der Waals surface area contributed by atoms with Crippen molar-refractivity contribution in [1.82, 2.24) is 0 Å². The van der Waals surface area contributed by atoms with E-state index in [1.807, 2.05) is 6.92 Å². The molecule has 0 spiro atoms. The molecule has 1 aliphatic rings. The zero-order chi connectivity index (χ0) is 26.4. The number of benzene rings is 1. The van der Waals surface area contributed by atoms with Gasteiger partial charge in [0.15, 0.2) is 5.41 Å². The third kappa shape index (κ3) is 8.60. The Balaban J connectivity index is 2.29. The van der Waals surface area contributed by atoms with E-state index >= 15 is 0 Å². The second-order valence-corrected chi connectivity index (χ2v) is 9.08. The summed E-state index contributed by atoms with van der Waals surface area (Å²) >= 11 is 0. The van der Waals surface area contributed by atoms with Gasteiger partial charge in [0, 0.05) is 0 Å². The highest BCUT2D eigenvalue weighted by Crippen LogP contribution is 2.54. The fourth-order valence-corrected chi connectivity index (χ4v) is 4.11. The van der Waals surface area contributed by atoms with Gasteiger partial charge in [-0.15, -0.1) is 0 Å². The van der Waals surface area contributed by atoms with Crippen LogP contribution in [0.5, 0.6) is 0 Å². The molecule has 36 heavy (non-hydrogen) atoms. The summed E-state index contributed by atoms with van der Waals surface area (Å²) in [6, 6.07) is 7.18. The van der Waals surface area contributed by atoms with Crippen molar-refractivity contribution in [3.05, 3.63) is 60.7 Å². The van der Waals surface area contributed by atoms with Gasteiger partial charge >= 0.3 is 17.9 Å². The molecule has 8 nitrogen and oxygen atoms in total. The van der Waals surface area contributed by atoms with Crippen molar-refractivity contribution in [3.8, 4) is 0 Å². The molecule has 198 valence electrons. The Hall–Kier alpha value is -2.97. The first-order chi connectivity index (χ1) is 17.3. The number of esters is 3. The quantitative estimate of drug-likeness (QED) is 0.0557. The SMILES string of the molecule is C=CCOC(=O)C(CCC1(CCOOCC)CC1)(Cc1ccc(CC(=O)OC)cc1)C(=O)OCC=C. The van der Waals surface area contributed by atoms with Crippen molar-refractivity contribution >= 4 is 17.9 Å². The summed E-state index contributed by atoms with van der Waals surface area (Å²) in [7, 11) is 1.34. The predicted octanol–water partition coefficient (Wildman–Crippen LogP) is 4.31. The molecule has 2 rings (SSSR count). The lowest BCUT2D eigenvalue weighted by Crippen LogP contribution is -2.44. The fraction of sp³-hybridized carbons (Fsp3) is 0.536. The highest BCUT2D eigenvalue weighted by atomic mass is 17.2. The van der Waals surface area contributed by atoms with Gasteiger partial charge in [0.05, 0.1) is 26.7 Å². The molecule has 0 saturated heterocycles. The van der Waals surface area contributed by atoms with E-state index in [9.17, 15) is 14.4 Å². The number of methoxy groups -OCH3 is 1. The van der Waals surface area contributed by atoms with E-state index in [0.717, 1.165) is 30.4 Å². The Morgan fingerprint density at radius 1 is 0.944 bits per heavy atom. The number of rotatable bonds is 18. The monoisotopic (exact) mass is 502 g/mol. The Morgan fingerprint density at radius 3 is 2.03 bits per heavy atom. The minimum absolute atomic E-state index is 0.00977. The number of carbonyl (C=O) groups excluding carboxylic acids is 3. The van der Waals surface area contributed by atoms with E-state index in [-0.39, 0.29) is 43.9 Å². The third-order valence-corrected chi connectivity index (χ3v) is 6.51. The molecule has 1 aromatic carbocycles. The van der Waals surface area contributed by atoms with E-state index in [0.29, 0.717) is 19.6 Å². The van der Waals surface area contributed by atoms with Crippen LogP contribution in [0.3, 0.4) is 0 Å². The molecular formula is C28H38O8. The normalized spacial score (nSPS) is 13.9. The van der Waals surface area contributed by atoms with Crippen LogP contribution in [0.4, 0.5) is 0 Å². The summed E-state index contributed by atoms with van der Waals surface area (Å²) < 4.78 is 15.6. The second kappa shape index (κ2) is 14.6. The van der Waals surface area contributed by atoms with E-state index in [1.54, 1.807) is 24.3 Å². The average molecular weight is 503 g/mol. The van der Waals surface area contributed by atoms with Crippen LogP contribution in [0, 0.1) is 10.8 Å². The Kier molecular flexibility index (Phi) is 11.8. The first kappa shape index (κ1) is 29.3. The van der Waals surface area contributed by atoms with E-state index in [4.69, 9.17) is 24.0 Å². The van der Waals surface area contributed by atoms with E-state index in [2.05, 4.69) is 13.2 Å². The summed E-state index contributed by atoms with van der Waals surface area (Å²) in [6.45, 7) is 9.96. The van der Waals surface area contributed by atoms with Gasteiger partial charge in [-0.2, -0.15) is 0 Å². The molecule has 0 atom stereocenters. The first-order valence-corrected chi connectivity index (χ1v) is 12.3.